The summed E-state index contributed by atoms with van der Waals surface area (Å²) in [5.41, 5.74) is 6.61. The zero-order valence-electron chi connectivity index (χ0n) is 13.7. The van der Waals surface area contributed by atoms with Gasteiger partial charge in [-0.25, -0.2) is 0 Å². The van der Waals surface area contributed by atoms with E-state index in [1.165, 1.54) is 0 Å². The molecule has 1 unspecified atom stereocenters. The Balaban J connectivity index is 0.00000484. The highest BCUT2D eigenvalue weighted by Gasteiger charge is 2.10. The molecular formula is C17H28ClN3O2. The maximum atomic E-state index is 11.8. The van der Waals surface area contributed by atoms with Crippen molar-refractivity contribution in [3.63, 3.8) is 0 Å². The second-order valence-corrected chi connectivity index (χ2v) is 5.40. The van der Waals surface area contributed by atoms with Gasteiger partial charge in [-0.3, -0.25) is 9.59 Å². The van der Waals surface area contributed by atoms with Gasteiger partial charge in [0.15, 0.2) is 0 Å². The van der Waals surface area contributed by atoms with Crippen LogP contribution in [0.4, 0.5) is 0 Å². The van der Waals surface area contributed by atoms with E-state index in [4.69, 9.17) is 5.73 Å². The van der Waals surface area contributed by atoms with E-state index in [0.29, 0.717) is 19.5 Å². The molecule has 130 valence electrons. The minimum Gasteiger partial charge on any atom is -0.355 e. The molecule has 0 spiro atoms. The first-order valence-corrected chi connectivity index (χ1v) is 7.95. The molecule has 1 atom stereocenters. The Morgan fingerprint density at radius 1 is 1.17 bits per heavy atom. The van der Waals surface area contributed by atoms with Crippen molar-refractivity contribution in [2.45, 2.75) is 45.1 Å². The minimum absolute atomic E-state index is 0. The van der Waals surface area contributed by atoms with Crippen LogP contribution in [-0.2, 0) is 16.0 Å². The summed E-state index contributed by atoms with van der Waals surface area (Å²) >= 11 is 0. The van der Waals surface area contributed by atoms with Gasteiger partial charge in [-0.05, 0) is 12.0 Å². The fourth-order valence-electron chi connectivity index (χ4n) is 2.16. The Hall–Kier alpha value is -1.59. The first-order chi connectivity index (χ1) is 10.7. The molecule has 0 aromatic heterocycles. The zero-order valence-corrected chi connectivity index (χ0v) is 14.5. The summed E-state index contributed by atoms with van der Waals surface area (Å²) in [5, 5.41) is 5.68. The van der Waals surface area contributed by atoms with Gasteiger partial charge >= 0.3 is 0 Å². The van der Waals surface area contributed by atoms with Crippen molar-refractivity contribution in [2.75, 3.05) is 13.1 Å². The third-order valence-electron chi connectivity index (χ3n) is 3.44. The maximum Gasteiger partial charge on any atom is 0.224 e. The number of nitrogens with one attached hydrogen (secondary N) is 2. The van der Waals surface area contributed by atoms with E-state index in [9.17, 15) is 9.59 Å². The molecule has 0 aliphatic carbocycles. The molecule has 0 aliphatic rings. The van der Waals surface area contributed by atoms with Gasteiger partial charge in [0, 0.05) is 25.6 Å². The molecule has 0 fully saturated rings. The number of unbranched alkanes of at least 4 members (excludes halogenated alkanes) is 1. The smallest absolute Gasteiger partial charge is 0.224 e. The number of benzene rings is 1. The topological polar surface area (TPSA) is 84.2 Å². The highest BCUT2D eigenvalue weighted by atomic mass is 35.5. The monoisotopic (exact) mass is 341 g/mol. The van der Waals surface area contributed by atoms with Crippen molar-refractivity contribution >= 4 is 24.2 Å². The summed E-state index contributed by atoms with van der Waals surface area (Å²) in [5.74, 6) is -0.132. The summed E-state index contributed by atoms with van der Waals surface area (Å²) in [6, 6.07) is 9.57. The lowest BCUT2D eigenvalue weighted by atomic mass is 10.1. The minimum atomic E-state index is -0.0691. The van der Waals surface area contributed by atoms with Crippen molar-refractivity contribution in [1.29, 1.82) is 0 Å². The lowest BCUT2D eigenvalue weighted by molar-refractivity contribution is -0.122. The molecule has 0 saturated carbocycles. The number of nitrogens with two attached hydrogens (primary N) is 1. The fourth-order valence-corrected chi connectivity index (χ4v) is 2.16. The van der Waals surface area contributed by atoms with Crippen LogP contribution in [0.25, 0.3) is 0 Å². The van der Waals surface area contributed by atoms with Crippen molar-refractivity contribution in [1.82, 2.24) is 10.6 Å². The summed E-state index contributed by atoms with van der Waals surface area (Å²) in [6.45, 7) is 2.91. The normalized spacial score (nSPS) is 11.2. The van der Waals surface area contributed by atoms with Crippen molar-refractivity contribution < 1.29 is 9.59 Å². The van der Waals surface area contributed by atoms with Gasteiger partial charge in [-0.2, -0.15) is 0 Å². The van der Waals surface area contributed by atoms with Crippen molar-refractivity contribution in [2.24, 2.45) is 5.73 Å². The van der Waals surface area contributed by atoms with E-state index < -0.39 is 0 Å². The second kappa shape index (κ2) is 12.9. The van der Waals surface area contributed by atoms with Crippen molar-refractivity contribution in [3.05, 3.63) is 35.9 Å². The maximum absolute atomic E-state index is 11.8. The van der Waals surface area contributed by atoms with Crippen LogP contribution in [0.1, 0.15) is 38.2 Å². The number of hydrogen-bond donors (Lipinski definition) is 3. The number of carbonyl (C=O) groups excluding carboxylic acids is 2. The third-order valence-corrected chi connectivity index (χ3v) is 3.44. The Bertz CT molecular complexity index is 454. The van der Waals surface area contributed by atoms with Gasteiger partial charge in [0.2, 0.25) is 11.8 Å². The standard InChI is InChI=1S/C17H27N3O2.ClH/c1-2-3-9-15(13-18)20-16(21)10-11-19-17(22)12-14-7-5-4-6-8-14;/h4-8,15H,2-3,9-13,18H2,1H3,(H,19,22)(H,20,21);1H. The molecule has 6 heteroatoms. The first kappa shape index (κ1) is 21.4. The summed E-state index contributed by atoms with van der Waals surface area (Å²) in [6.07, 6.45) is 3.66. The molecule has 0 saturated heterocycles. The van der Waals surface area contributed by atoms with Crippen molar-refractivity contribution in [3.8, 4) is 0 Å². The molecule has 0 radical (unpaired) electrons. The molecule has 0 bridgehead atoms. The van der Waals surface area contributed by atoms with Gasteiger partial charge in [0.25, 0.3) is 0 Å². The average Bonchev–Trinajstić information content (AvgIpc) is 2.52. The van der Waals surface area contributed by atoms with Gasteiger partial charge in [-0.15, -0.1) is 12.4 Å². The van der Waals surface area contributed by atoms with Gasteiger partial charge in [0.05, 0.1) is 6.42 Å². The second-order valence-electron chi connectivity index (χ2n) is 5.40. The lowest BCUT2D eigenvalue weighted by Crippen LogP contribution is -2.41. The summed E-state index contributed by atoms with van der Waals surface area (Å²) in [4.78, 5) is 23.5. The molecule has 0 aliphatic heterocycles. The van der Waals surface area contributed by atoms with Gasteiger partial charge in [0.1, 0.15) is 0 Å². The fraction of sp³-hybridized carbons (Fsp3) is 0.529. The van der Waals surface area contributed by atoms with Crippen LogP contribution < -0.4 is 16.4 Å². The van der Waals surface area contributed by atoms with Crippen LogP contribution in [0.3, 0.4) is 0 Å². The number of halogens is 1. The van der Waals surface area contributed by atoms with E-state index >= 15 is 0 Å². The van der Waals surface area contributed by atoms with Gasteiger partial charge in [-0.1, -0.05) is 50.1 Å². The van der Waals surface area contributed by atoms with Crippen LogP contribution in [0.5, 0.6) is 0 Å². The van der Waals surface area contributed by atoms with E-state index in [1.807, 2.05) is 30.3 Å². The predicted octanol–water partition coefficient (Wildman–Crippen LogP) is 1.79. The van der Waals surface area contributed by atoms with E-state index in [1.54, 1.807) is 0 Å². The average molecular weight is 342 g/mol. The zero-order chi connectivity index (χ0) is 16.2. The number of rotatable bonds is 10. The van der Waals surface area contributed by atoms with Gasteiger partial charge < -0.3 is 16.4 Å². The molecule has 1 rings (SSSR count). The third kappa shape index (κ3) is 9.92. The Morgan fingerprint density at radius 3 is 2.48 bits per heavy atom. The lowest BCUT2D eigenvalue weighted by Gasteiger charge is -2.16. The SMILES string of the molecule is CCCCC(CN)NC(=O)CCNC(=O)Cc1ccccc1.Cl. The van der Waals surface area contributed by atoms with E-state index in [2.05, 4.69) is 17.6 Å². The number of hydrogen-bond acceptors (Lipinski definition) is 3. The van der Waals surface area contributed by atoms with E-state index in [0.717, 1.165) is 24.8 Å². The van der Waals surface area contributed by atoms with Crippen LogP contribution in [0, 0.1) is 0 Å². The summed E-state index contributed by atoms with van der Waals surface area (Å²) in [7, 11) is 0. The molecule has 0 heterocycles. The number of amides is 2. The molecule has 1 aromatic carbocycles. The van der Waals surface area contributed by atoms with Crippen LogP contribution in [0.2, 0.25) is 0 Å². The Morgan fingerprint density at radius 2 is 1.87 bits per heavy atom. The molecule has 4 N–H and O–H groups in total. The molecule has 2 amide bonds. The molecule has 23 heavy (non-hydrogen) atoms. The molecule has 1 aromatic rings. The first-order valence-electron chi connectivity index (χ1n) is 7.95. The predicted molar refractivity (Wildman–Crippen MR) is 95.5 cm³/mol. The largest absolute Gasteiger partial charge is 0.355 e. The molecular weight excluding hydrogens is 314 g/mol. The Labute approximate surface area is 144 Å². The van der Waals surface area contributed by atoms with Crippen LogP contribution in [-0.4, -0.2) is 30.9 Å². The van der Waals surface area contributed by atoms with Crippen LogP contribution >= 0.6 is 12.4 Å². The number of carbonyl (C=O) groups is 2. The summed E-state index contributed by atoms with van der Waals surface area (Å²) < 4.78 is 0. The molecule has 5 nitrogen and oxygen atoms in total. The van der Waals surface area contributed by atoms with Crippen LogP contribution in [0.15, 0.2) is 30.3 Å². The highest BCUT2D eigenvalue weighted by molar-refractivity contribution is 5.85. The van der Waals surface area contributed by atoms with E-state index in [-0.39, 0.29) is 36.7 Å². The quantitative estimate of drug-likeness (QED) is 0.606. The Kier molecular flexibility index (Phi) is 12.0. The highest BCUT2D eigenvalue weighted by Crippen LogP contribution is 2.00.